The Balaban J connectivity index is 2.38. The standard InChI is InChI=1S/C9H9N3S/c1-10-4-3-9-12-7-6-11-5-2-8(7)13-9/h2,4-6H,3H2,1H3. The molecule has 0 aliphatic rings. The second-order valence-corrected chi connectivity index (χ2v) is 3.71. The Labute approximate surface area is 80.2 Å². The lowest BCUT2D eigenvalue weighted by Gasteiger charge is -1.82. The van der Waals surface area contributed by atoms with Gasteiger partial charge >= 0.3 is 0 Å². The zero-order valence-electron chi connectivity index (χ0n) is 7.27. The number of fused-ring (bicyclic) bond motifs is 1. The number of nitrogens with zero attached hydrogens (tertiary/aromatic N) is 3. The van der Waals surface area contributed by atoms with Gasteiger partial charge in [-0.05, 0) is 6.07 Å². The highest BCUT2D eigenvalue weighted by atomic mass is 32.1. The summed E-state index contributed by atoms with van der Waals surface area (Å²) in [7, 11) is 1.77. The lowest BCUT2D eigenvalue weighted by atomic mass is 10.4. The summed E-state index contributed by atoms with van der Waals surface area (Å²) in [4.78, 5) is 12.4. The van der Waals surface area contributed by atoms with Gasteiger partial charge in [-0.15, -0.1) is 11.3 Å². The average molecular weight is 191 g/mol. The van der Waals surface area contributed by atoms with Gasteiger partial charge in [0.25, 0.3) is 0 Å². The molecule has 13 heavy (non-hydrogen) atoms. The Morgan fingerprint density at radius 3 is 3.31 bits per heavy atom. The van der Waals surface area contributed by atoms with Crippen LogP contribution in [0.4, 0.5) is 0 Å². The Hall–Kier alpha value is -1.29. The van der Waals surface area contributed by atoms with E-state index < -0.39 is 0 Å². The second-order valence-electron chi connectivity index (χ2n) is 2.60. The Morgan fingerprint density at radius 1 is 1.62 bits per heavy atom. The van der Waals surface area contributed by atoms with E-state index >= 15 is 0 Å². The van der Waals surface area contributed by atoms with E-state index in [0.717, 1.165) is 16.9 Å². The summed E-state index contributed by atoms with van der Waals surface area (Å²) in [6.07, 6.45) is 6.26. The van der Waals surface area contributed by atoms with E-state index in [-0.39, 0.29) is 0 Å². The minimum Gasteiger partial charge on any atom is -0.300 e. The Morgan fingerprint density at radius 2 is 2.54 bits per heavy atom. The van der Waals surface area contributed by atoms with Gasteiger partial charge in [0.1, 0.15) is 0 Å². The molecule has 0 atom stereocenters. The number of hydrogen-bond acceptors (Lipinski definition) is 4. The van der Waals surface area contributed by atoms with Crippen LogP contribution in [0.25, 0.3) is 10.2 Å². The van der Waals surface area contributed by atoms with Crippen molar-refractivity contribution in [2.45, 2.75) is 6.42 Å². The Kier molecular flexibility index (Phi) is 2.31. The molecule has 0 bridgehead atoms. The van der Waals surface area contributed by atoms with E-state index in [1.807, 2.05) is 12.3 Å². The van der Waals surface area contributed by atoms with Crippen LogP contribution in [0.5, 0.6) is 0 Å². The van der Waals surface area contributed by atoms with E-state index in [2.05, 4.69) is 15.0 Å². The van der Waals surface area contributed by atoms with E-state index in [9.17, 15) is 0 Å². The number of aliphatic imine (C=N–C) groups is 1. The van der Waals surface area contributed by atoms with Crippen LogP contribution >= 0.6 is 11.3 Å². The highest BCUT2D eigenvalue weighted by Gasteiger charge is 2.00. The molecule has 0 spiro atoms. The molecule has 0 aliphatic heterocycles. The van der Waals surface area contributed by atoms with Crippen molar-refractivity contribution in [1.82, 2.24) is 9.97 Å². The van der Waals surface area contributed by atoms with Crippen molar-refractivity contribution >= 4 is 27.8 Å². The van der Waals surface area contributed by atoms with Crippen molar-refractivity contribution in [3.63, 3.8) is 0 Å². The van der Waals surface area contributed by atoms with Crippen molar-refractivity contribution in [1.29, 1.82) is 0 Å². The van der Waals surface area contributed by atoms with E-state index in [1.54, 1.807) is 30.8 Å². The minimum absolute atomic E-state index is 0.815. The van der Waals surface area contributed by atoms with Crippen LogP contribution in [0.2, 0.25) is 0 Å². The lowest BCUT2D eigenvalue weighted by molar-refractivity contribution is 1.24. The molecule has 0 radical (unpaired) electrons. The molecule has 0 amide bonds. The third kappa shape index (κ3) is 1.72. The molecule has 2 aromatic heterocycles. The van der Waals surface area contributed by atoms with Crippen LogP contribution < -0.4 is 0 Å². The fourth-order valence-corrected chi connectivity index (χ4v) is 1.97. The molecule has 4 heteroatoms. The maximum Gasteiger partial charge on any atom is 0.0998 e. The van der Waals surface area contributed by atoms with Crippen LogP contribution in [-0.2, 0) is 6.42 Å². The molecule has 0 aliphatic carbocycles. The number of pyridine rings is 1. The highest BCUT2D eigenvalue weighted by Crippen LogP contribution is 2.20. The third-order valence-corrected chi connectivity index (χ3v) is 2.74. The molecule has 0 unspecified atom stereocenters. The molecule has 3 nitrogen and oxygen atoms in total. The smallest absolute Gasteiger partial charge is 0.0998 e. The molecule has 2 rings (SSSR count). The fourth-order valence-electron chi connectivity index (χ4n) is 1.08. The molecule has 0 saturated heterocycles. The number of aromatic nitrogens is 2. The minimum atomic E-state index is 0.815. The molecule has 0 fully saturated rings. The van der Waals surface area contributed by atoms with Gasteiger partial charge in [-0.25, -0.2) is 4.98 Å². The number of rotatable bonds is 2. The predicted octanol–water partition coefficient (Wildman–Crippen LogP) is 1.93. The summed E-state index contributed by atoms with van der Waals surface area (Å²) in [5, 5.41) is 1.09. The van der Waals surface area contributed by atoms with Crippen LogP contribution in [0.1, 0.15) is 5.01 Å². The zero-order chi connectivity index (χ0) is 9.10. The van der Waals surface area contributed by atoms with Crippen molar-refractivity contribution < 1.29 is 0 Å². The van der Waals surface area contributed by atoms with Gasteiger partial charge in [-0.3, -0.25) is 4.98 Å². The molecule has 0 aromatic carbocycles. The van der Waals surface area contributed by atoms with Gasteiger partial charge in [0.15, 0.2) is 0 Å². The lowest BCUT2D eigenvalue weighted by Crippen LogP contribution is -1.82. The molecule has 0 saturated carbocycles. The van der Waals surface area contributed by atoms with Gasteiger partial charge in [0.2, 0.25) is 0 Å². The molecule has 66 valence electrons. The van der Waals surface area contributed by atoms with Gasteiger partial charge in [-0.2, -0.15) is 0 Å². The predicted molar refractivity (Wildman–Crippen MR) is 55.5 cm³/mol. The molecular weight excluding hydrogens is 182 g/mol. The van der Waals surface area contributed by atoms with Crippen molar-refractivity contribution in [3.05, 3.63) is 23.5 Å². The SMILES string of the molecule is CN=CCc1nc2cnccc2s1. The average Bonchev–Trinajstić information content (AvgIpc) is 2.57. The number of hydrogen-bond donors (Lipinski definition) is 0. The maximum atomic E-state index is 4.42. The summed E-state index contributed by atoms with van der Waals surface area (Å²) in [5.41, 5.74) is 0.979. The second kappa shape index (κ2) is 3.62. The summed E-state index contributed by atoms with van der Waals surface area (Å²) in [6.45, 7) is 0. The maximum absolute atomic E-state index is 4.42. The van der Waals surface area contributed by atoms with Crippen molar-refractivity contribution in [2.24, 2.45) is 4.99 Å². The fraction of sp³-hybridized carbons (Fsp3) is 0.222. The van der Waals surface area contributed by atoms with Crippen LogP contribution in [0, 0.1) is 0 Å². The quantitative estimate of drug-likeness (QED) is 0.680. The first kappa shape index (κ1) is 8.31. The molecular formula is C9H9N3S. The first-order chi connectivity index (χ1) is 6.40. The van der Waals surface area contributed by atoms with Gasteiger partial charge < -0.3 is 4.99 Å². The van der Waals surface area contributed by atoms with Crippen molar-refractivity contribution in [2.75, 3.05) is 7.05 Å². The largest absolute Gasteiger partial charge is 0.300 e. The summed E-state index contributed by atoms with van der Waals surface area (Å²) in [5.74, 6) is 0. The van der Waals surface area contributed by atoms with Gasteiger partial charge in [-0.1, -0.05) is 0 Å². The van der Waals surface area contributed by atoms with E-state index in [0.29, 0.717) is 0 Å². The van der Waals surface area contributed by atoms with Gasteiger partial charge in [0.05, 0.1) is 21.4 Å². The molecule has 0 N–H and O–H groups in total. The first-order valence-corrected chi connectivity index (χ1v) is 4.82. The summed E-state index contributed by atoms with van der Waals surface area (Å²) >= 11 is 1.69. The number of thiazole rings is 1. The zero-order valence-corrected chi connectivity index (χ0v) is 8.08. The monoisotopic (exact) mass is 191 g/mol. The van der Waals surface area contributed by atoms with Crippen LogP contribution in [0.3, 0.4) is 0 Å². The van der Waals surface area contributed by atoms with E-state index in [4.69, 9.17) is 0 Å². The van der Waals surface area contributed by atoms with Crippen molar-refractivity contribution in [3.8, 4) is 0 Å². The van der Waals surface area contributed by atoms with Crippen LogP contribution in [0.15, 0.2) is 23.5 Å². The summed E-state index contributed by atoms with van der Waals surface area (Å²) < 4.78 is 1.19. The van der Waals surface area contributed by atoms with E-state index in [1.165, 1.54) is 4.70 Å². The van der Waals surface area contributed by atoms with Crippen LogP contribution in [-0.4, -0.2) is 23.2 Å². The summed E-state index contributed by atoms with van der Waals surface area (Å²) in [6, 6.07) is 1.99. The Bertz CT molecular complexity index is 400. The normalized spacial score (nSPS) is 11.5. The first-order valence-electron chi connectivity index (χ1n) is 4.00. The third-order valence-electron chi connectivity index (χ3n) is 1.68. The molecule has 2 heterocycles. The highest BCUT2D eigenvalue weighted by molar-refractivity contribution is 7.18. The van der Waals surface area contributed by atoms with Gasteiger partial charge in [0, 0.05) is 25.9 Å². The topological polar surface area (TPSA) is 38.1 Å². The molecule has 2 aromatic rings.